The Morgan fingerprint density at radius 1 is 1.04 bits per heavy atom. The molecule has 0 saturated heterocycles. The van der Waals surface area contributed by atoms with Gasteiger partial charge in [0.1, 0.15) is 5.58 Å². The molecule has 6 rings (SSSR count). The van der Waals surface area contributed by atoms with Crippen LogP contribution < -0.4 is 0 Å². The number of fused-ring (bicyclic) bond motifs is 3. The molecule has 0 unspecified atom stereocenters. The van der Waals surface area contributed by atoms with Gasteiger partial charge in [-0.1, -0.05) is 92.4 Å². The van der Waals surface area contributed by atoms with Crippen LogP contribution in [0.5, 0.6) is 0 Å². The maximum absolute atomic E-state index is 10.8. The van der Waals surface area contributed by atoms with Crippen molar-refractivity contribution >= 4 is 33.2 Å². The van der Waals surface area contributed by atoms with Crippen molar-refractivity contribution in [1.29, 1.82) is 0 Å². The molecule has 2 aromatic carbocycles. The zero-order valence-electron chi connectivity index (χ0n) is 34.4. The van der Waals surface area contributed by atoms with Crippen LogP contribution in [0.2, 0.25) is 0 Å². The fourth-order valence-corrected chi connectivity index (χ4v) is 5.79. The van der Waals surface area contributed by atoms with Gasteiger partial charge in [-0.05, 0) is 61.1 Å². The van der Waals surface area contributed by atoms with E-state index in [1.165, 1.54) is 0 Å². The molecule has 4 aromatic rings. The third kappa shape index (κ3) is 8.57. The van der Waals surface area contributed by atoms with Crippen LogP contribution in [0, 0.1) is 12.1 Å². The van der Waals surface area contributed by atoms with E-state index in [4.69, 9.17) is 16.8 Å². The SMILES string of the molecule is [2H]/C(C(=C)C([2H])([2H])[2H])=C(\[2H])C(=[N-])c1[c-]ccc2c1oc1c(C3([2H])CCCCC3)cccc12.[2H]c1c(C2([2H])CCCCC2)cnc(C(=C)[C-]=CC=C)c1[2H].[Ir+3]. The number of hydrogen-bond acceptors (Lipinski definition) is 2. The van der Waals surface area contributed by atoms with Crippen LogP contribution in [-0.2, 0) is 20.1 Å². The second-order valence-corrected chi connectivity index (χ2v) is 11.1. The molecular weight excluding hydrogens is 729 g/mol. The second kappa shape index (κ2) is 16.6. The van der Waals surface area contributed by atoms with Crippen LogP contribution in [0.4, 0.5) is 0 Å². The standard InChI is InChI=1S/C24H23NO.C17H20N.Ir/c1-16(2)14-15-22(25)21-13-7-12-20-19-11-6-10-18(23(19)26-24(20)21)17-8-4-3-5-9-17;1-3-4-8-14(2)17-12-11-16(13-18-17)15-9-6-5-7-10-15;/h6-7,10-12,14-15,17H,1,3-5,8-9H2,2H3;3-4,11-13,15H,1-2,5-7,9-10H2;/q-2;-1;+3/b15-14-;;/i2D3,14D,15D,17D;11D,12D,15D;. The van der Waals surface area contributed by atoms with Crippen molar-refractivity contribution in [2.45, 2.75) is 82.8 Å². The van der Waals surface area contributed by atoms with Crippen LogP contribution in [0.1, 0.15) is 118 Å². The van der Waals surface area contributed by atoms with Gasteiger partial charge in [0.25, 0.3) is 0 Å². The molecule has 0 bridgehead atoms. The number of pyridine rings is 1. The van der Waals surface area contributed by atoms with Crippen molar-refractivity contribution in [3.63, 3.8) is 0 Å². The Hall–Kier alpha value is -3.59. The molecular formula is C41H43IrN2O. The van der Waals surface area contributed by atoms with Crippen LogP contribution in [0.3, 0.4) is 0 Å². The molecule has 232 valence electrons. The van der Waals surface area contributed by atoms with Crippen LogP contribution in [-0.4, -0.2) is 10.7 Å². The molecule has 0 N–H and O–H groups in total. The quantitative estimate of drug-likeness (QED) is 0.102. The molecule has 0 aliphatic heterocycles. The Kier molecular flexibility index (Phi) is 8.77. The average Bonchev–Trinajstić information content (AvgIpc) is 3.53. The van der Waals surface area contributed by atoms with E-state index in [0.717, 1.165) is 75.2 Å². The zero-order valence-corrected chi connectivity index (χ0v) is 27.8. The summed E-state index contributed by atoms with van der Waals surface area (Å²) in [7, 11) is 0. The summed E-state index contributed by atoms with van der Waals surface area (Å²) in [4.78, 5) is 4.27. The molecule has 45 heavy (non-hydrogen) atoms. The largest absolute Gasteiger partial charge is 3.00 e. The summed E-state index contributed by atoms with van der Waals surface area (Å²) in [6, 6.07) is 10.7. The summed E-state index contributed by atoms with van der Waals surface area (Å²) in [6.07, 6.45) is 16.8. The third-order valence-electron chi connectivity index (χ3n) is 8.00. The van der Waals surface area contributed by atoms with Gasteiger partial charge in [0.2, 0.25) is 0 Å². The maximum Gasteiger partial charge on any atom is 3.00 e. The molecule has 2 fully saturated rings. The number of aromatic nitrogens is 1. The number of furan rings is 1. The van der Waals surface area contributed by atoms with Gasteiger partial charge in [-0.25, -0.2) is 5.71 Å². The van der Waals surface area contributed by atoms with Gasteiger partial charge in [-0.2, -0.15) is 6.58 Å². The fourth-order valence-electron chi connectivity index (χ4n) is 5.79. The Morgan fingerprint density at radius 2 is 1.76 bits per heavy atom. The molecule has 2 saturated carbocycles. The van der Waals surface area contributed by atoms with E-state index in [1.54, 1.807) is 30.5 Å². The van der Waals surface area contributed by atoms with Crippen molar-refractivity contribution in [2.24, 2.45) is 0 Å². The van der Waals surface area contributed by atoms with Gasteiger partial charge in [0.05, 0.1) is 4.11 Å². The number of allylic oxidation sites excluding steroid dienone is 7. The Bertz CT molecular complexity index is 2140. The van der Waals surface area contributed by atoms with Crippen LogP contribution >= 0.6 is 0 Å². The van der Waals surface area contributed by atoms with Crippen LogP contribution in [0.25, 0.3) is 32.9 Å². The van der Waals surface area contributed by atoms with Gasteiger partial charge in [-0.3, -0.25) is 0 Å². The van der Waals surface area contributed by atoms with E-state index >= 15 is 0 Å². The summed E-state index contributed by atoms with van der Waals surface area (Å²) in [6.45, 7) is 8.12. The number of nitrogens with zero attached hydrogens (tertiary/aromatic N) is 2. The topological polar surface area (TPSA) is 48.3 Å². The minimum atomic E-state index is -2.64. The first-order chi connectivity index (χ1) is 25.0. The predicted molar refractivity (Wildman–Crippen MR) is 187 cm³/mol. The monoisotopic (exact) mass is 781 g/mol. The minimum absolute atomic E-state index is 0. The van der Waals surface area contributed by atoms with E-state index in [1.807, 2.05) is 18.2 Å². The molecule has 0 radical (unpaired) electrons. The van der Waals surface area contributed by atoms with Gasteiger partial charge >= 0.3 is 20.1 Å². The number of para-hydroxylation sites is 1. The Balaban J connectivity index is 0.000000257. The fraction of sp³-hybridized carbons (Fsp3) is 0.317. The van der Waals surface area contributed by atoms with E-state index < -0.39 is 42.0 Å². The normalized spacial score (nSPS) is 20.9. The second-order valence-electron chi connectivity index (χ2n) is 11.1. The Morgan fingerprint density at radius 3 is 2.47 bits per heavy atom. The van der Waals surface area contributed by atoms with Gasteiger partial charge < -0.3 is 14.8 Å². The van der Waals surface area contributed by atoms with Crippen molar-refractivity contribution in [2.75, 3.05) is 0 Å². The van der Waals surface area contributed by atoms with Crippen molar-refractivity contribution in [3.8, 4) is 0 Å². The summed E-state index contributed by atoms with van der Waals surface area (Å²) in [5.74, 6) is -1.51. The third-order valence-corrected chi connectivity index (χ3v) is 8.00. The molecule has 3 nitrogen and oxygen atoms in total. The molecule has 0 atom stereocenters. The summed E-state index contributed by atoms with van der Waals surface area (Å²) >= 11 is 0. The van der Waals surface area contributed by atoms with Crippen molar-refractivity contribution < 1.29 is 36.9 Å². The van der Waals surface area contributed by atoms with Crippen LogP contribution in [0.15, 0.2) is 103 Å². The first-order valence-electron chi connectivity index (χ1n) is 19.7. The number of hydrogen-bond donors (Lipinski definition) is 0. The minimum Gasteiger partial charge on any atom is -0.855 e. The average molecular weight is 781 g/mol. The van der Waals surface area contributed by atoms with E-state index in [9.17, 15) is 5.41 Å². The predicted octanol–water partition coefficient (Wildman–Crippen LogP) is 11.6. The van der Waals surface area contributed by atoms with Crippen molar-refractivity contribution in [1.82, 2.24) is 4.98 Å². The zero-order chi connectivity index (χ0) is 38.7. The molecule has 4 heteroatoms. The molecule has 2 aromatic heterocycles. The van der Waals surface area contributed by atoms with Gasteiger partial charge in [0.15, 0.2) is 0 Å². The molecule has 2 aliphatic carbocycles. The van der Waals surface area contributed by atoms with Gasteiger partial charge in [0, 0.05) is 25.4 Å². The van der Waals surface area contributed by atoms with Gasteiger partial charge in [-0.15, -0.1) is 60.2 Å². The smallest absolute Gasteiger partial charge is 0.855 e. The molecule has 2 aliphatic rings. The summed E-state index contributed by atoms with van der Waals surface area (Å²) < 4.78 is 78.6. The summed E-state index contributed by atoms with van der Waals surface area (Å²) in [5.41, 5.74) is 1.97. The maximum atomic E-state index is 10.8. The van der Waals surface area contributed by atoms with Crippen molar-refractivity contribution in [3.05, 3.63) is 138 Å². The number of benzene rings is 2. The van der Waals surface area contributed by atoms with E-state index in [0.29, 0.717) is 27.8 Å². The molecule has 0 spiro atoms. The number of rotatable bonds is 8. The first kappa shape index (κ1) is 23.7. The summed E-state index contributed by atoms with van der Waals surface area (Å²) in [5, 5.41) is 12.3. The first-order valence-corrected chi connectivity index (χ1v) is 15.2. The molecule has 0 amide bonds. The van der Waals surface area contributed by atoms with E-state index in [2.05, 4.69) is 36.9 Å². The Labute approximate surface area is 295 Å². The van der Waals surface area contributed by atoms with E-state index in [-0.39, 0.29) is 43.3 Å². The molecule has 2 heterocycles.